The number of hydrogen-bond acceptors (Lipinski definition) is 2. The SMILES string of the molecule is C=C(/C=C\C(=C/CC)NC(=O)NC(=O)[CH2][Tl])C(C)C. The van der Waals surface area contributed by atoms with Gasteiger partial charge in [0.25, 0.3) is 0 Å². The third kappa shape index (κ3) is 8.74. The van der Waals surface area contributed by atoms with Crippen molar-refractivity contribution in [3.8, 4) is 0 Å². The van der Waals surface area contributed by atoms with Crippen LogP contribution in [0.3, 0.4) is 0 Å². The molecule has 0 radical (unpaired) electrons. The zero-order valence-electron chi connectivity index (χ0n) is 11.8. The first-order valence-electron chi connectivity index (χ1n) is 6.28. The van der Waals surface area contributed by atoms with Crippen LogP contribution in [0.25, 0.3) is 0 Å². The monoisotopic (exact) mass is 454 g/mol. The molecular weight excluding hydrogens is 433 g/mol. The van der Waals surface area contributed by atoms with Crippen LogP contribution in [0.2, 0.25) is 3.98 Å². The molecular formula is C14H21N2O2Tl. The van der Waals surface area contributed by atoms with Crippen molar-refractivity contribution in [3.63, 3.8) is 0 Å². The maximum absolute atomic E-state index is 11.6. The minimum absolute atomic E-state index is 0.228. The fourth-order valence-electron chi connectivity index (χ4n) is 1.11. The molecule has 0 fully saturated rings. The Morgan fingerprint density at radius 1 is 1.26 bits per heavy atom. The Hall–Kier alpha value is -0.918. The molecule has 102 valence electrons. The van der Waals surface area contributed by atoms with E-state index in [9.17, 15) is 9.59 Å². The van der Waals surface area contributed by atoms with Crippen molar-refractivity contribution in [2.24, 2.45) is 5.92 Å². The average Bonchev–Trinajstić information content (AvgIpc) is 2.35. The molecule has 0 unspecified atom stereocenters. The van der Waals surface area contributed by atoms with E-state index in [1.165, 1.54) is 0 Å². The summed E-state index contributed by atoms with van der Waals surface area (Å²) in [5.74, 6) is 0.134. The van der Waals surface area contributed by atoms with Gasteiger partial charge in [0.05, 0.1) is 0 Å². The molecule has 0 aromatic heterocycles. The minimum atomic E-state index is -0.481. The molecule has 0 aliphatic carbocycles. The Morgan fingerprint density at radius 2 is 1.89 bits per heavy atom. The molecule has 0 aliphatic heterocycles. The van der Waals surface area contributed by atoms with Crippen LogP contribution in [-0.2, 0) is 4.79 Å². The van der Waals surface area contributed by atoms with E-state index in [1.807, 2.05) is 19.1 Å². The van der Waals surface area contributed by atoms with E-state index in [4.69, 9.17) is 0 Å². The van der Waals surface area contributed by atoms with E-state index in [1.54, 1.807) is 6.08 Å². The molecule has 0 aromatic carbocycles. The fraction of sp³-hybridized carbons (Fsp3) is 0.429. The van der Waals surface area contributed by atoms with E-state index in [2.05, 4.69) is 31.1 Å². The summed E-state index contributed by atoms with van der Waals surface area (Å²) in [6, 6.07) is -0.481. The van der Waals surface area contributed by atoms with E-state index in [0.717, 1.165) is 12.0 Å². The quantitative estimate of drug-likeness (QED) is 0.479. The molecule has 3 amide bonds. The Balaban J connectivity index is 4.59. The molecule has 0 saturated carbocycles. The van der Waals surface area contributed by atoms with E-state index >= 15 is 0 Å². The number of imide groups is 1. The van der Waals surface area contributed by atoms with Crippen molar-refractivity contribution in [2.75, 3.05) is 0 Å². The van der Waals surface area contributed by atoms with Gasteiger partial charge >= 0.3 is 131 Å². The molecule has 0 saturated heterocycles. The van der Waals surface area contributed by atoms with Gasteiger partial charge in [-0.2, -0.15) is 0 Å². The van der Waals surface area contributed by atoms with Crippen LogP contribution in [0.4, 0.5) is 4.79 Å². The normalized spacial score (nSPS) is 11.6. The number of carbonyl (C=O) groups is 2. The summed E-state index contributed by atoms with van der Waals surface area (Å²) in [5.41, 5.74) is 1.66. The van der Waals surface area contributed by atoms with Crippen LogP contribution in [0.5, 0.6) is 0 Å². The second-order valence-corrected chi connectivity index (χ2v) is 5.92. The van der Waals surface area contributed by atoms with Crippen LogP contribution in [0.15, 0.2) is 36.1 Å². The molecule has 0 bridgehead atoms. The van der Waals surface area contributed by atoms with Gasteiger partial charge in [0.15, 0.2) is 0 Å². The zero-order valence-corrected chi connectivity index (χ0v) is 16.3. The number of allylic oxidation sites excluding steroid dienone is 4. The second-order valence-electron chi connectivity index (χ2n) is 4.34. The van der Waals surface area contributed by atoms with Crippen molar-refractivity contribution in [1.29, 1.82) is 0 Å². The van der Waals surface area contributed by atoms with Crippen molar-refractivity contribution < 1.29 is 9.59 Å². The van der Waals surface area contributed by atoms with Gasteiger partial charge in [-0.3, -0.25) is 0 Å². The first kappa shape index (κ1) is 18.1. The standard InChI is InChI=1S/C14H21N2O2.Tl/c1-6-7-13(9-8-11(4)10(2)3)16-14(18)15-12(5)17;/h7-10H,4-6H2,1-3H3,(H2,15,16,17,18);/b9-8-,13-7+;. The van der Waals surface area contributed by atoms with Gasteiger partial charge in [-0.25, -0.2) is 0 Å². The summed E-state index contributed by atoms with van der Waals surface area (Å²) in [5, 5.41) is 4.94. The molecule has 5 heteroatoms. The van der Waals surface area contributed by atoms with E-state index in [-0.39, 0.29) is 5.91 Å². The molecule has 0 aliphatic rings. The Labute approximate surface area is 131 Å². The molecule has 0 spiro atoms. The first-order chi connectivity index (χ1) is 8.90. The van der Waals surface area contributed by atoms with Crippen LogP contribution < -0.4 is 10.6 Å². The zero-order chi connectivity index (χ0) is 14.8. The Kier molecular flexibility index (Phi) is 9.46. The van der Waals surface area contributed by atoms with Gasteiger partial charge in [-0.05, 0) is 0 Å². The predicted molar refractivity (Wildman–Crippen MR) is 78.7 cm³/mol. The Morgan fingerprint density at radius 3 is 2.37 bits per heavy atom. The van der Waals surface area contributed by atoms with Gasteiger partial charge in [0.1, 0.15) is 0 Å². The molecule has 0 rings (SSSR count). The molecule has 0 heterocycles. The van der Waals surface area contributed by atoms with Crippen molar-refractivity contribution in [3.05, 3.63) is 36.1 Å². The van der Waals surface area contributed by atoms with Gasteiger partial charge < -0.3 is 0 Å². The number of nitrogens with one attached hydrogen (secondary N) is 2. The van der Waals surface area contributed by atoms with Crippen LogP contribution in [0.1, 0.15) is 27.2 Å². The van der Waals surface area contributed by atoms with Crippen LogP contribution in [-0.4, -0.2) is 37.7 Å². The number of carbonyl (C=O) groups excluding carboxylic acids is 2. The summed E-state index contributed by atoms with van der Waals surface area (Å²) in [7, 11) is 0. The van der Waals surface area contributed by atoms with Crippen LogP contribution >= 0.6 is 0 Å². The molecule has 0 aromatic rings. The number of urea groups is 1. The summed E-state index contributed by atoms with van der Waals surface area (Å²) in [4.78, 5) is 22.7. The van der Waals surface area contributed by atoms with E-state index in [0.29, 0.717) is 41.4 Å². The van der Waals surface area contributed by atoms with Crippen molar-refractivity contribution in [2.45, 2.75) is 31.2 Å². The predicted octanol–water partition coefficient (Wildman–Crippen LogP) is 2.46. The molecule has 4 nitrogen and oxygen atoms in total. The van der Waals surface area contributed by atoms with Crippen molar-refractivity contribution in [1.82, 2.24) is 10.6 Å². The third-order valence-electron chi connectivity index (χ3n) is 2.34. The summed E-state index contributed by atoms with van der Waals surface area (Å²) < 4.78 is 0.445. The first-order valence-corrected chi connectivity index (χ1v) is 9.46. The molecule has 19 heavy (non-hydrogen) atoms. The average molecular weight is 454 g/mol. The number of rotatable bonds is 6. The van der Waals surface area contributed by atoms with Gasteiger partial charge in [-0.1, -0.05) is 0 Å². The number of amides is 3. The summed E-state index contributed by atoms with van der Waals surface area (Å²) in [6.07, 6.45) is 6.36. The topological polar surface area (TPSA) is 58.2 Å². The molecule has 0 atom stereocenters. The summed E-state index contributed by atoms with van der Waals surface area (Å²) in [6.45, 7) is 10.0. The maximum atomic E-state index is 11.6. The summed E-state index contributed by atoms with van der Waals surface area (Å²) >= 11 is 0.553. The Bertz CT molecular complexity index is 398. The van der Waals surface area contributed by atoms with E-state index < -0.39 is 6.03 Å². The fourth-order valence-corrected chi connectivity index (χ4v) is 1.51. The van der Waals surface area contributed by atoms with Gasteiger partial charge in [0, 0.05) is 0 Å². The van der Waals surface area contributed by atoms with Crippen molar-refractivity contribution >= 4 is 37.7 Å². The van der Waals surface area contributed by atoms with Gasteiger partial charge in [0.2, 0.25) is 0 Å². The van der Waals surface area contributed by atoms with Gasteiger partial charge in [-0.15, -0.1) is 0 Å². The third-order valence-corrected chi connectivity index (χ3v) is 3.78. The molecule has 2 N–H and O–H groups in total. The number of hydrogen-bond donors (Lipinski definition) is 2. The van der Waals surface area contributed by atoms with Crippen LogP contribution in [0, 0.1) is 5.92 Å². The second kappa shape index (κ2) is 9.94.